The zero-order valence-electron chi connectivity index (χ0n) is 13.0. The smallest absolute Gasteiger partial charge is 0.0596 e. The van der Waals surface area contributed by atoms with Crippen molar-refractivity contribution < 1.29 is 0 Å². The maximum Gasteiger partial charge on any atom is 0.0596 e. The summed E-state index contributed by atoms with van der Waals surface area (Å²) in [5.41, 5.74) is 5.00. The van der Waals surface area contributed by atoms with Gasteiger partial charge in [0.05, 0.1) is 5.69 Å². The first-order chi connectivity index (χ1) is 9.56. The van der Waals surface area contributed by atoms with E-state index in [1.165, 1.54) is 16.8 Å². The number of aryl methyl sites for hydroxylation is 4. The molecule has 0 amide bonds. The van der Waals surface area contributed by atoms with Crippen molar-refractivity contribution in [1.29, 1.82) is 0 Å². The first-order valence-electron chi connectivity index (χ1n) is 7.37. The third-order valence-electron chi connectivity index (χ3n) is 3.68. The molecule has 3 nitrogen and oxygen atoms in total. The van der Waals surface area contributed by atoms with Gasteiger partial charge in [0.25, 0.3) is 0 Å². The van der Waals surface area contributed by atoms with Gasteiger partial charge in [-0.25, -0.2) is 0 Å². The fourth-order valence-electron chi connectivity index (χ4n) is 2.42. The Bertz CT molecular complexity index is 540. The van der Waals surface area contributed by atoms with Gasteiger partial charge in [0.15, 0.2) is 0 Å². The number of aromatic nitrogens is 2. The SMILES string of the molecule is Cc1ccc(C(C)NCCCn2nc(C)cc2C)cc1. The molecule has 0 bridgehead atoms. The van der Waals surface area contributed by atoms with Crippen LogP contribution in [0.2, 0.25) is 0 Å². The van der Waals surface area contributed by atoms with Crippen LogP contribution < -0.4 is 5.32 Å². The standard InChI is InChI=1S/C17H25N3/c1-13-6-8-17(9-7-13)16(4)18-10-5-11-20-15(3)12-14(2)19-20/h6-9,12,16,18H,5,10-11H2,1-4H3. The molecule has 0 aliphatic rings. The highest BCUT2D eigenvalue weighted by Gasteiger charge is 2.04. The molecule has 3 heteroatoms. The molecule has 1 aromatic carbocycles. The fourth-order valence-corrected chi connectivity index (χ4v) is 2.42. The van der Waals surface area contributed by atoms with Crippen molar-refractivity contribution in [3.8, 4) is 0 Å². The molecule has 1 aromatic heterocycles. The molecule has 0 radical (unpaired) electrons. The molecule has 0 spiro atoms. The van der Waals surface area contributed by atoms with Crippen molar-refractivity contribution in [3.05, 3.63) is 52.8 Å². The van der Waals surface area contributed by atoms with Crippen molar-refractivity contribution in [2.24, 2.45) is 0 Å². The average molecular weight is 271 g/mol. The van der Waals surface area contributed by atoms with Gasteiger partial charge in [0.1, 0.15) is 0 Å². The molecule has 0 fully saturated rings. The Labute approximate surface area is 122 Å². The second-order valence-corrected chi connectivity index (χ2v) is 5.59. The van der Waals surface area contributed by atoms with E-state index in [1.807, 2.05) is 6.92 Å². The molecule has 0 aliphatic carbocycles. The van der Waals surface area contributed by atoms with Crippen LogP contribution in [0.1, 0.15) is 41.9 Å². The first kappa shape index (κ1) is 14.8. The van der Waals surface area contributed by atoms with Crippen molar-refractivity contribution in [2.75, 3.05) is 6.54 Å². The number of hydrogen-bond acceptors (Lipinski definition) is 2. The topological polar surface area (TPSA) is 29.9 Å². The quantitative estimate of drug-likeness (QED) is 0.814. The lowest BCUT2D eigenvalue weighted by Crippen LogP contribution is -2.21. The summed E-state index contributed by atoms with van der Waals surface area (Å²) in [6, 6.07) is 11.3. The lowest BCUT2D eigenvalue weighted by molar-refractivity contribution is 0.500. The number of hydrogen-bond donors (Lipinski definition) is 1. The van der Waals surface area contributed by atoms with E-state index in [0.29, 0.717) is 6.04 Å². The monoisotopic (exact) mass is 271 g/mol. The van der Waals surface area contributed by atoms with Gasteiger partial charge in [0.2, 0.25) is 0 Å². The van der Waals surface area contributed by atoms with E-state index in [2.05, 4.69) is 66.2 Å². The van der Waals surface area contributed by atoms with Crippen LogP contribution in [0.4, 0.5) is 0 Å². The van der Waals surface area contributed by atoms with Crippen LogP contribution in [0, 0.1) is 20.8 Å². The lowest BCUT2D eigenvalue weighted by Gasteiger charge is -2.14. The van der Waals surface area contributed by atoms with Gasteiger partial charge >= 0.3 is 0 Å². The normalized spacial score (nSPS) is 12.6. The molecule has 20 heavy (non-hydrogen) atoms. The molecule has 108 valence electrons. The van der Waals surface area contributed by atoms with Gasteiger partial charge in [-0.05, 0) is 52.3 Å². The van der Waals surface area contributed by atoms with E-state index in [-0.39, 0.29) is 0 Å². The van der Waals surface area contributed by atoms with E-state index in [1.54, 1.807) is 0 Å². The Hall–Kier alpha value is -1.61. The van der Waals surface area contributed by atoms with Gasteiger partial charge in [0, 0.05) is 18.3 Å². The van der Waals surface area contributed by atoms with Crippen molar-refractivity contribution in [3.63, 3.8) is 0 Å². The summed E-state index contributed by atoms with van der Waals surface area (Å²) < 4.78 is 2.09. The summed E-state index contributed by atoms with van der Waals surface area (Å²) in [4.78, 5) is 0. The molecule has 2 rings (SSSR count). The van der Waals surface area contributed by atoms with Crippen LogP contribution in [0.3, 0.4) is 0 Å². The highest BCUT2D eigenvalue weighted by molar-refractivity contribution is 5.23. The van der Waals surface area contributed by atoms with Crippen molar-refractivity contribution >= 4 is 0 Å². The van der Waals surface area contributed by atoms with E-state index in [9.17, 15) is 0 Å². The third-order valence-corrected chi connectivity index (χ3v) is 3.68. The number of nitrogens with zero attached hydrogens (tertiary/aromatic N) is 2. The van der Waals surface area contributed by atoms with Gasteiger partial charge < -0.3 is 5.32 Å². The summed E-state index contributed by atoms with van der Waals surface area (Å²) in [6.07, 6.45) is 1.10. The molecule has 0 saturated heterocycles. The lowest BCUT2D eigenvalue weighted by atomic mass is 10.1. The Morgan fingerprint density at radius 1 is 1.15 bits per heavy atom. The summed E-state index contributed by atoms with van der Waals surface area (Å²) in [6.45, 7) is 10.5. The van der Waals surface area contributed by atoms with Crippen LogP contribution in [0.5, 0.6) is 0 Å². The minimum absolute atomic E-state index is 0.399. The highest BCUT2D eigenvalue weighted by atomic mass is 15.3. The number of nitrogens with one attached hydrogen (secondary N) is 1. The van der Waals surface area contributed by atoms with Crippen molar-refractivity contribution in [2.45, 2.75) is 46.7 Å². The maximum atomic E-state index is 4.48. The van der Waals surface area contributed by atoms with E-state index in [0.717, 1.165) is 25.2 Å². The third kappa shape index (κ3) is 3.94. The predicted molar refractivity (Wildman–Crippen MR) is 83.9 cm³/mol. The first-order valence-corrected chi connectivity index (χ1v) is 7.37. The average Bonchev–Trinajstić information content (AvgIpc) is 2.73. The van der Waals surface area contributed by atoms with E-state index >= 15 is 0 Å². The van der Waals surface area contributed by atoms with Gasteiger partial charge in [-0.15, -0.1) is 0 Å². The zero-order chi connectivity index (χ0) is 14.5. The second kappa shape index (κ2) is 6.71. The minimum atomic E-state index is 0.399. The Kier molecular flexibility index (Phi) is 4.96. The largest absolute Gasteiger partial charge is 0.310 e. The molecular formula is C17H25N3. The zero-order valence-corrected chi connectivity index (χ0v) is 13.0. The highest BCUT2D eigenvalue weighted by Crippen LogP contribution is 2.12. The van der Waals surface area contributed by atoms with Gasteiger partial charge in [-0.1, -0.05) is 29.8 Å². The second-order valence-electron chi connectivity index (χ2n) is 5.59. The van der Waals surface area contributed by atoms with Crippen LogP contribution in [-0.2, 0) is 6.54 Å². The van der Waals surface area contributed by atoms with Gasteiger partial charge in [-0.3, -0.25) is 4.68 Å². The minimum Gasteiger partial charge on any atom is -0.310 e. The molecule has 2 aromatic rings. The number of benzene rings is 1. The number of rotatable bonds is 6. The van der Waals surface area contributed by atoms with E-state index < -0.39 is 0 Å². The Morgan fingerprint density at radius 3 is 2.45 bits per heavy atom. The molecule has 1 atom stereocenters. The molecule has 0 saturated carbocycles. The molecule has 1 heterocycles. The summed E-state index contributed by atoms with van der Waals surface area (Å²) >= 11 is 0. The van der Waals surface area contributed by atoms with Crippen LogP contribution in [0.15, 0.2) is 30.3 Å². The van der Waals surface area contributed by atoms with Crippen LogP contribution >= 0.6 is 0 Å². The fraction of sp³-hybridized carbons (Fsp3) is 0.471. The molecule has 1 N–H and O–H groups in total. The molecule has 0 aliphatic heterocycles. The van der Waals surface area contributed by atoms with Crippen LogP contribution in [0.25, 0.3) is 0 Å². The maximum absolute atomic E-state index is 4.48. The Morgan fingerprint density at radius 2 is 1.85 bits per heavy atom. The summed E-state index contributed by atoms with van der Waals surface area (Å²) in [7, 11) is 0. The van der Waals surface area contributed by atoms with Crippen LogP contribution in [-0.4, -0.2) is 16.3 Å². The summed E-state index contributed by atoms with van der Waals surface area (Å²) in [5, 5.41) is 8.06. The van der Waals surface area contributed by atoms with Gasteiger partial charge in [-0.2, -0.15) is 5.10 Å². The molecular weight excluding hydrogens is 246 g/mol. The van der Waals surface area contributed by atoms with E-state index in [4.69, 9.17) is 0 Å². The Balaban J connectivity index is 1.75. The summed E-state index contributed by atoms with van der Waals surface area (Å²) in [5.74, 6) is 0. The molecule has 1 unspecified atom stereocenters. The van der Waals surface area contributed by atoms with Crippen molar-refractivity contribution in [1.82, 2.24) is 15.1 Å². The predicted octanol–water partition coefficient (Wildman–Crippen LogP) is 3.55.